The number of aliphatic hydroxyl groups is 1. The van der Waals surface area contributed by atoms with Crippen molar-refractivity contribution < 1.29 is 43.7 Å². The van der Waals surface area contributed by atoms with Gasteiger partial charge in [-0.25, -0.2) is 0 Å². The molecule has 1 aliphatic heterocycles. The van der Waals surface area contributed by atoms with Crippen molar-refractivity contribution >= 4 is 33.1 Å². The van der Waals surface area contributed by atoms with E-state index in [-0.39, 0.29) is 58.9 Å². The van der Waals surface area contributed by atoms with E-state index in [1.807, 2.05) is 35.2 Å². The zero-order valence-electron chi connectivity index (χ0n) is 21.2. The first-order valence-corrected chi connectivity index (χ1v) is 16.5. The first-order chi connectivity index (χ1) is 17.8. The van der Waals surface area contributed by atoms with Crippen LogP contribution in [0.5, 0.6) is 0 Å². The molecule has 1 atom stereocenters. The molecule has 38 heavy (non-hydrogen) atoms. The summed E-state index contributed by atoms with van der Waals surface area (Å²) < 4.78 is 26.5. The van der Waals surface area contributed by atoms with Gasteiger partial charge in [0.1, 0.15) is 12.6 Å². The number of carboxylic acids is 1. The molecule has 0 radical (unpaired) electrons. The van der Waals surface area contributed by atoms with Gasteiger partial charge in [0.15, 0.2) is 0 Å². The molecule has 17 heteroatoms. The highest BCUT2D eigenvalue weighted by Crippen LogP contribution is 2.35. The van der Waals surface area contributed by atoms with E-state index in [9.17, 15) is 43.7 Å². The van der Waals surface area contributed by atoms with Gasteiger partial charge in [-0.05, 0) is 24.1 Å². The lowest BCUT2D eigenvalue weighted by Crippen LogP contribution is -2.48. The minimum atomic E-state index is -4.37. The molecule has 1 aromatic carbocycles. The molecule has 14 nitrogen and oxygen atoms in total. The smallest absolute Gasteiger partial charge is 0.339 e. The summed E-state index contributed by atoms with van der Waals surface area (Å²) in [5.74, 6) is -1.07. The summed E-state index contributed by atoms with van der Waals surface area (Å²) in [6.45, 7) is 2.20. The predicted molar refractivity (Wildman–Crippen MR) is 144 cm³/mol. The maximum atomic E-state index is 11.7. The maximum absolute atomic E-state index is 11.7. The average molecular weight is 600 g/mol. The zero-order valence-corrected chi connectivity index (χ0v) is 23.8. The van der Waals surface area contributed by atoms with Crippen LogP contribution >= 0.6 is 27.1 Å². The summed E-state index contributed by atoms with van der Waals surface area (Å²) in [7, 11) is -8.74. The van der Waals surface area contributed by atoms with E-state index < -0.39 is 39.8 Å². The van der Waals surface area contributed by atoms with Gasteiger partial charge >= 0.3 is 21.2 Å². The van der Waals surface area contributed by atoms with E-state index >= 15 is 0 Å². The van der Waals surface area contributed by atoms with Crippen LogP contribution in [-0.4, -0.2) is 146 Å². The number of hydrogen-bond donors (Lipinski definition) is 7. The summed E-state index contributed by atoms with van der Waals surface area (Å²) >= 11 is 1.38. The Morgan fingerprint density at radius 2 is 1.26 bits per heavy atom. The quantitative estimate of drug-likeness (QED) is 0.117. The summed E-state index contributed by atoms with van der Waals surface area (Å²) in [6.07, 6.45) is -1.73. The molecule has 1 aromatic rings. The molecule has 1 saturated heterocycles. The van der Waals surface area contributed by atoms with E-state index in [0.29, 0.717) is 13.1 Å². The SMILES string of the molecule is O=C(O)CN1CCN(CP(=O)(O)O)CCN(CC(O)CNSc2ccccc2)CCN(CP(=O)(O)O)CC1. The van der Waals surface area contributed by atoms with E-state index in [0.717, 1.165) is 4.90 Å². The van der Waals surface area contributed by atoms with Crippen LogP contribution in [0.4, 0.5) is 0 Å². The normalized spacial score (nSPS) is 19.5. The molecule has 1 aliphatic rings. The zero-order chi connectivity index (χ0) is 28.2. The Kier molecular flexibility index (Phi) is 14.4. The molecule has 1 unspecified atom stereocenters. The number of carboxylic acid groups (broad SMARTS) is 1. The minimum Gasteiger partial charge on any atom is -0.480 e. The van der Waals surface area contributed by atoms with Crippen molar-refractivity contribution in [3.8, 4) is 0 Å². The molecule has 0 aromatic heterocycles. The fraction of sp³-hybridized carbons (Fsp3) is 0.667. The van der Waals surface area contributed by atoms with Crippen molar-refractivity contribution in [2.75, 3.05) is 84.6 Å². The third-order valence-electron chi connectivity index (χ3n) is 5.78. The van der Waals surface area contributed by atoms with Crippen LogP contribution in [-0.2, 0) is 13.9 Å². The highest BCUT2D eigenvalue weighted by atomic mass is 32.2. The Labute approximate surface area is 227 Å². The van der Waals surface area contributed by atoms with Crippen molar-refractivity contribution in [1.29, 1.82) is 0 Å². The predicted octanol–water partition coefficient (Wildman–Crippen LogP) is -0.779. The Morgan fingerprint density at radius 1 is 0.816 bits per heavy atom. The Hall–Kier alpha value is -0.900. The number of aliphatic carboxylic acids is 1. The second-order valence-corrected chi connectivity index (χ2v) is 13.4. The number of β-amino-alcohol motifs (C(OH)–C–C–N with tert-alkyl or cyclic N) is 1. The van der Waals surface area contributed by atoms with E-state index in [2.05, 4.69) is 4.72 Å². The van der Waals surface area contributed by atoms with Gasteiger partial charge in [-0.15, -0.1) is 0 Å². The molecular weight excluding hydrogens is 560 g/mol. The lowest BCUT2D eigenvalue weighted by atomic mass is 10.3. The average Bonchev–Trinajstić information content (AvgIpc) is 2.79. The van der Waals surface area contributed by atoms with Crippen LogP contribution in [0.1, 0.15) is 0 Å². The molecule has 7 N–H and O–H groups in total. The van der Waals surface area contributed by atoms with Crippen LogP contribution in [0.25, 0.3) is 0 Å². The molecule has 218 valence electrons. The maximum Gasteiger partial charge on any atom is 0.339 e. The third kappa shape index (κ3) is 15.6. The molecule has 0 aliphatic carbocycles. The summed E-state index contributed by atoms with van der Waals surface area (Å²) in [4.78, 5) is 57.1. The minimum absolute atomic E-state index is 0.197. The fourth-order valence-corrected chi connectivity index (χ4v) is 6.33. The monoisotopic (exact) mass is 599 g/mol. The van der Waals surface area contributed by atoms with Crippen molar-refractivity contribution in [3.05, 3.63) is 30.3 Å². The Balaban J connectivity index is 2.08. The van der Waals surface area contributed by atoms with Gasteiger partial charge in [-0.2, -0.15) is 0 Å². The summed E-state index contributed by atoms with van der Waals surface area (Å²) in [5, 5.41) is 19.9. The van der Waals surface area contributed by atoms with Crippen LogP contribution in [0.2, 0.25) is 0 Å². The summed E-state index contributed by atoms with van der Waals surface area (Å²) in [5.41, 5.74) is 0. The second-order valence-electron chi connectivity index (χ2n) is 9.24. The number of hydrogen-bond acceptors (Lipinski definition) is 10. The number of nitrogens with zero attached hydrogens (tertiary/aromatic N) is 4. The summed E-state index contributed by atoms with van der Waals surface area (Å²) in [6, 6.07) is 9.59. The third-order valence-corrected chi connectivity index (χ3v) is 8.13. The molecule has 2 rings (SSSR count). The van der Waals surface area contributed by atoms with E-state index in [1.165, 1.54) is 11.9 Å². The number of carbonyl (C=O) groups is 1. The first-order valence-electron chi connectivity index (χ1n) is 12.1. The lowest BCUT2D eigenvalue weighted by molar-refractivity contribution is -0.138. The van der Waals surface area contributed by atoms with Crippen molar-refractivity contribution in [3.63, 3.8) is 0 Å². The molecule has 0 spiro atoms. The molecule has 0 saturated carbocycles. The molecule has 1 fully saturated rings. The van der Waals surface area contributed by atoms with Gasteiger partial charge < -0.3 is 29.8 Å². The number of rotatable bonds is 12. The van der Waals surface area contributed by atoms with Crippen molar-refractivity contribution in [2.45, 2.75) is 11.0 Å². The lowest BCUT2D eigenvalue weighted by Gasteiger charge is -2.34. The van der Waals surface area contributed by atoms with Gasteiger partial charge in [0.05, 0.1) is 12.6 Å². The van der Waals surface area contributed by atoms with Gasteiger partial charge in [0, 0.05) is 70.3 Å². The fourth-order valence-electron chi connectivity index (χ4n) is 3.99. The molecule has 1 heterocycles. The van der Waals surface area contributed by atoms with Crippen LogP contribution in [0, 0.1) is 0 Å². The van der Waals surface area contributed by atoms with Gasteiger partial charge in [-0.1, -0.05) is 18.2 Å². The topological polar surface area (TPSA) is 198 Å². The Morgan fingerprint density at radius 3 is 1.71 bits per heavy atom. The molecule has 0 amide bonds. The van der Waals surface area contributed by atoms with E-state index in [4.69, 9.17) is 0 Å². The largest absolute Gasteiger partial charge is 0.480 e. The number of benzene rings is 1. The first kappa shape index (κ1) is 33.3. The van der Waals surface area contributed by atoms with E-state index in [1.54, 1.807) is 14.7 Å². The number of aliphatic hydroxyl groups excluding tert-OH is 1. The van der Waals surface area contributed by atoms with Crippen LogP contribution < -0.4 is 4.72 Å². The van der Waals surface area contributed by atoms with Gasteiger partial charge in [-0.3, -0.25) is 38.2 Å². The highest BCUT2D eigenvalue weighted by Gasteiger charge is 2.25. The molecule has 0 bridgehead atoms. The second kappa shape index (κ2) is 16.4. The highest BCUT2D eigenvalue weighted by molar-refractivity contribution is 7.97. The van der Waals surface area contributed by atoms with Crippen LogP contribution in [0.3, 0.4) is 0 Å². The van der Waals surface area contributed by atoms with Gasteiger partial charge in [0.25, 0.3) is 0 Å². The van der Waals surface area contributed by atoms with Crippen molar-refractivity contribution in [1.82, 2.24) is 24.3 Å². The molecular formula is C21H39N5O9P2S. The Bertz CT molecular complexity index is 899. The standard InChI is InChI=1S/C21H39N5O9P2S/c27-19(14-22-38-20-4-2-1-3-5-20)15-23-6-10-25(17-36(30,31)32)12-8-24(16-21(28)29)9-13-26(11-7-23)18-37(33,34)35/h1-5,19,22,27H,6-18H2,(H,28,29)(H2,30,31,32)(H2,33,34,35). The number of nitrogens with one attached hydrogen (secondary N) is 1. The van der Waals surface area contributed by atoms with Crippen molar-refractivity contribution in [2.24, 2.45) is 0 Å². The van der Waals surface area contributed by atoms with Gasteiger partial charge in [0.2, 0.25) is 0 Å². The van der Waals surface area contributed by atoms with Crippen LogP contribution in [0.15, 0.2) is 35.2 Å².